The SMILES string of the molecule is CCCCCCN(CCCCCC)C(=O)c1ccc([AsH]O)cc1. The number of unbranched alkanes of at least 4 members (excludes halogenated alkanes) is 6. The summed E-state index contributed by atoms with van der Waals surface area (Å²) >= 11 is -1.02. The number of rotatable bonds is 12. The molecule has 0 spiro atoms. The number of carbonyl (C=O) groups excluding carboxylic acids is 1. The molecule has 1 atom stereocenters. The molecule has 0 saturated carbocycles. The first-order chi connectivity index (χ1) is 11.2. The molecule has 1 aromatic rings. The molecule has 0 saturated heterocycles. The number of amides is 1. The van der Waals surface area contributed by atoms with Crippen molar-refractivity contribution < 1.29 is 8.89 Å². The van der Waals surface area contributed by atoms with Gasteiger partial charge in [0, 0.05) is 0 Å². The summed E-state index contributed by atoms with van der Waals surface area (Å²) in [5, 5.41) is 0. The first kappa shape index (κ1) is 20.3. The Labute approximate surface area is 148 Å². The van der Waals surface area contributed by atoms with Gasteiger partial charge < -0.3 is 0 Å². The van der Waals surface area contributed by atoms with E-state index < -0.39 is 16.1 Å². The van der Waals surface area contributed by atoms with E-state index in [2.05, 4.69) is 13.8 Å². The molecule has 0 aromatic heterocycles. The zero-order valence-corrected chi connectivity index (χ0v) is 16.8. The molecule has 0 bridgehead atoms. The van der Waals surface area contributed by atoms with Crippen LogP contribution >= 0.6 is 0 Å². The van der Waals surface area contributed by atoms with Crippen LogP contribution in [-0.4, -0.2) is 44.1 Å². The summed E-state index contributed by atoms with van der Waals surface area (Å²) in [4.78, 5) is 14.8. The van der Waals surface area contributed by atoms with Crippen LogP contribution in [0, 0.1) is 0 Å². The molecule has 1 unspecified atom stereocenters. The quantitative estimate of drug-likeness (QED) is 0.446. The second-order valence-corrected chi connectivity index (χ2v) is 7.78. The standard InChI is InChI=1S/C19H32AsNO2/c1-3-5-7-9-15-21(16-10-8-6-4-2)19(22)17-11-13-18(20-23)14-12-17/h11-14,20,23H,3-10,15-16H2,1-2H3. The molecule has 23 heavy (non-hydrogen) atoms. The van der Waals surface area contributed by atoms with Crippen molar-refractivity contribution in [3.8, 4) is 0 Å². The normalized spacial score (nSPS) is 11.3. The van der Waals surface area contributed by atoms with Crippen LogP contribution in [0.25, 0.3) is 0 Å². The van der Waals surface area contributed by atoms with Gasteiger partial charge in [-0.1, -0.05) is 0 Å². The molecular formula is C19H32AsNO2. The van der Waals surface area contributed by atoms with Gasteiger partial charge in [0.15, 0.2) is 0 Å². The molecule has 130 valence electrons. The third kappa shape index (κ3) is 8.03. The second-order valence-electron chi connectivity index (χ2n) is 6.10. The summed E-state index contributed by atoms with van der Waals surface area (Å²) in [5.74, 6) is 0.141. The van der Waals surface area contributed by atoms with E-state index in [1.807, 2.05) is 29.2 Å². The Morgan fingerprint density at radius 2 is 1.43 bits per heavy atom. The topological polar surface area (TPSA) is 40.5 Å². The molecule has 4 heteroatoms. The molecule has 3 nitrogen and oxygen atoms in total. The van der Waals surface area contributed by atoms with Crippen molar-refractivity contribution in [1.29, 1.82) is 0 Å². The van der Waals surface area contributed by atoms with E-state index in [-0.39, 0.29) is 5.91 Å². The third-order valence-electron chi connectivity index (χ3n) is 4.11. The van der Waals surface area contributed by atoms with Gasteiger partial charge >= 0.3 is 148 Å². The summed E-state index contributed by atoms with van der Waals surface area (Å²) in [6.07, 6.45) is 9.50. The minimum absolute atomic E-state index is 0.141. The number of hydrogen-bond acceptors (Lipinski definition) is 2. The van der Waals surface area contributed by atoms with Gasteiger partial charge in [-0.05, 0) is 0 Å². The van der Waals surface area contributed by atoms with Crippen LogP contribution in [0.15, 0.2) is 24.3 Å². The Bertz CT molecular complexity index is 422. The molecule has 1 amide bonds. The van der Waals surface area contributed by atoms with Crippen molar-refractivity contribution in [3.05, 3.63) is 29.8 Å². The third-order valence-corrected chi connectivity index (χ3v) is 5.35. The van der Waals surface area contributed by atoms with E-state index in [1.54, 1.807) is 0 Å². The van der Waals surface area contributed by atoms with Crippen LogP contribution in [-0.2, 0) is 0 Å². The van der Waals surface area contributed by atoms with Gasteiger partial charge in [0.1, 0.15) is 0 Å². The van der Waals surface area contributed by atoms with Gasteiger partial charge in [0.25, 0.3) is 0 Å². The fourth-order valence-corrected chi connectivity index (χ4v) is 3.31. The van der Waals surface area contributed by atoms with Crippen LogP contribution in [0.3, 0.4) is 0 Å². The molecule has 0 heterocycles. The van der Waals surface area contributed by atoms with Crippen molar-refractivity contribution in [2.75, 3.05) is 13.1 Å². The van der Waals surface area contributed by atoms with Gasteiger partial charge in [-0.2, -0.15) is 0 Å². The van der Waals surface area contributed by atoms with Crippen molar-refractivity contribution in [2.45, 2.75) is 65.2 Å². The summed E-state index contributed by atoms with van der Waals surface area (Å²) in [6, 6.07) is 7.50. The first-order valence-corrected chi connectivity index (χ1v) is 11.0. The molecule has 1 rings (SSSR count). The molecule has 1 aromatic carbocycles. The molecule has 0 aliphatic heterocycles. The Morgan fingerprint density at radius 1 is 0.913 bits per heavy atom. The fraction of sp³-hybridized carbons (Fsp3) is 0.632. The monoisotopic (exact) mass is 381 g/mol. The van der Waals surface area contributed by atoms with Crippen molar-refractivity contribution in [2.24, 2.45) is 0 Å². The zero-order chi connectivity index (χ0) is 16.9. The van der Waals surface area contributed by atoms with E-state index in [4.69, 9.17) is 0 Å². The van der Waals surface area contributed by atoms with E-state index in [0.29, 0.717) is 0 Å². The van der Waals surface area contributed by atoms with Crippen LogP contribution < -0.4 is 4.35 Å². The summed E-state index contributed by atoms with van der Waals surface area (Å²) < 4.78 is 10.2. The minimum atomic E-state index is -1.02. The Hall–Kier alpha value is -0.792. The molecule has 0 aliphatic carbocycles. The average molecular weight is 381 g/mol. The maximum absolute atomic E-state index is 12.7. The summed E-state index contributed by atoms with van der Waals surface area (Å²) in [5.41, 5.74) is 0.750. The van der Waals surface area contributed by atoms with E-state index in [9.17, 15) is 8.89 Å². The van der Waals surface area contributed by atoms with Crippen LogP contribution in [0.4, 0.5) is 0 Å². The average Bonchev–Trinajstić information content (AvgIpc) is 2.60. The Balaban J connectivity index is 2.60. The van der Waals surface area contributed by atoms with E-state index in [1.165, 1.54) is 38.5 Å². The number of hydrogen-bond donors (Lipinski definition) is 1. The maximum atomic E-state index is 12.7. The van der Waals surface area contributed by atoms with Gasteiger partial charge in [-0.3, -0.25) is 0 Å². The van der Waals surface area contributed by atoms with E-state index in [0.717, 1.165) is 35.8 Å². The fourth-order valence-electron chi connectivity index (χ4n) is 2.64. The summed E-state index contributed by atoms with van der Waals surface area (Å²) in [6.45, 7) is 6.14. The van der Waals surface area contributed by atoms with Crippen LogP contribution in [0.2, 0.25) is 0 Å². The van der Waals surface area contributed by atoms with Crippen molar-refractivity contribution in [1.82, 2.24) is 4.90 Å². The van der Waals surface area contributed by atoms with E-state index >= 15 is 0 Å². The van der Waals surface area contributed by atoms with Gasteiger partial charge in [-0.15, -0.1) is 0 Å². The second kappa shape index (κ2) is 12.6. The predicted molar refractivity (Wildman–Crippen MR) is 99.6 cm³/mol. The molecule has 0 radical (unpaired) electrons. The van der Waals surface area contributed by atoms with Crippen LogP contribution in [0.5, 0.6) is 0 Å². The number of benzene rings is 1. The molecule has 1 N–H and O–H groups in total. The van der Waals surface area contributed by atoms with Gasteiger partial charge in [-0.25, -0.2) is 0 Å². The number of carbonyl (C=O) groups is 1. The molecular weight excluding hydrogens is 349 g/mol. The summed E-state index contributed by atoms with van der Waals surface area (Å²) in [7, 11) is 0. The Kier molecular flexibility index (Phi) is 11.1. The van der Waals surface area contributed by atoms with Crippen LogP contribution in [0.1, 0.15) is 75.6 Å². The Morgan fingerprint density at radius 3 is 1.87 bits per heavy atom. The zero-order valence-electron chi connectivity index (χ0n) is 14.7. The number of nitrogens with zero attached hydrogens (tertiary/aromatic N) is 1. The van der Waals surface area contributed by atoms with Gasteiger partial charge in [0.2, 0.25) is 0 Å². The molecule has 0 fully saturated rings. The van der Waals surface area contributed by atoms with Crippen molar-refractivity contribution >= 4 is 26.4 Å². The van der Waals surface area contributed by atoms with Crippen molar-refractivity contribution in [3.63, 3.8) is 0 Å². The predicted octanol–water partition coefficient (Wildman–Crippen LogP) is 3.26. The first-order valence-electron chi connectivity index (χ1n) is 9.02. The van der Waals surface area contributed by atoms with Gasteiger partial charge in [0.05, 0.1) is 0 Å². The molecule has 0 aliphatic rings.